The number of carbonyl (C=O) groups is 3. The fourth-order valence-electron chi connectivity index (χ4n) is 2.43. The zero-order chi connectivity index (χ0) is 21.1. The maximum atomic E-state index is 12.7. The van der Waals surface area contributed by atoms with Gasteiger partial charge in [0.1, 0.15) is 6.04 Å². The Morgan fingerprint density at radius 1 is 1.29 bits per heavy atom. The molecule has 0 aliphatic heterocycles. The maximum Gasteiger partial charge on any atom is 0.328 e. The molecular weight excluding hydrogens is 382 g/mol. The molecule has 8 nitrogen and oxygen atoms in total. The summed E-state index contributed by atoms with van der Waals surface area (Å²) in [5, 5.41) is 1.70. The van der Waals surface area contributed by atoms with Crippen LogP contribution in [0, 0.1) is 0 Å². The monoisotopic (exact) mass is 407 g/mol. The number of amides is 1. The fraction of sp³-hybridized carbons (Fsp3) is 0.474. The van der Waals surface area contributed by atoms with Gasteiger partial charge in [0.05, 0.1) is 12.4 Å². The van der Waals surface area contributed by atoms with Crippen LogP contribution in [0.3, 0.4) is 0 Å². The minimum atomic E-state index is -1.48. The standard InChI is InChI=1S/C19H25N3O5S/c1-13(2)27-19(25)16(10-9-15(23)12-21-20)22-18(24)17(28(3)26)11-14-7-5-4-6-8-14/h4-8,12-13,16-17H,9-11H2,1-3H3,(H,22,24)/t16-,17-,28?/m0/s1. The molecule has 1 amide bonds. The minimum Gasteiger partial charge on any atom is -0.616 e. The van der Waals surface area contributed by atoms with Crippen LogP contribution < -0.4 is 5.32 Å². The van der Waals surface area contributed by atoms with Crippen molar-refractivity contribution in [2.45, 2.75) is 50.5 Å². The molecule has 0 aromatic heterocycles. The second kappa shape index (κ2) is 12.1. The van der Waals surface area contributed by atoms with E-state index in [9.17, 15) is 18.9 Å². The largest absolute Gasteiger partial charge is 0.616 e. The van der Waals surface area contributed by atoms with E-state index >= 15 is 0 Å². The average Bonchev–Trinajstić information content (AvgIpc) is 2.63. The molecule has 0 aliphatic carbocycles. The normalized spacial score (nSPS) is 13.8. The lowest BCUT2D eigenvalue weighted by atomic mass is 10.1. The zero-order valence-electron chi connectivity index (χ0n) is 16.2. The van der Waals surface area contributed by atoms with Crippen LogP contribution in [0.15, 0.2) is 30.3 Å². The van der Waals surface area contributed by atoms with Crippen molar-refractivity contribution in [3.63, 3.8) is 0 Å². The number of hydrogen-bond donors (Lipinski definition) is 1. The van der Waals surface area contributed by atoms with Gasteiger partial charge in [0.25, 0.3) is 5.91 Å². The molecule has 152 valence electrons. The van der Waals surface area contributed by atoms with Crippen LogP contribution in [0.5, 0.6) is 0 Å². The van der Waals surface area contributed by atoms with Gasteiger partial charge >= 0.3 is 12.2 Å². The van der Waals surface area contributed by atoms with Gasteiger partial charge in [0, 0.05) is 12.8 Å². The van der Waals surface area contributed by atoms with Gasteiger partial charge in [-0.2, -0.15) is 4.79 Å². The van der Waals surface area contributed by atoms with E-state index in [4.69, 9.17) is 10.3 Å². The summed E-state index contributed by atoms with van der Waals surface area (Å²) in [7, 11) is 0. The van der Waals surface area contributed by atoms with E-state index in [-0.39, 0.29) is 19.3 Å². The number of nitrogens with zero attached hydrogens (tertiary/aromatic N) is 2. The summed E-state index contributed by atoms with van der Waals surface area (Å²) in [6.45, 7) is 3.33. The van der Waals surface area contributed by atoms with E-state index in [0.717, 1.165) is 11.8 Å². The van der Waals surface area contributed by atoms with Gasteiger partial charge in [0.2, 0.25) is 5.78 Å². The van der Waals surface area contributed by atoms with Crippen LogP contribution >= 0.6 is 0 Å². The predicted molar refractivity (Wildman–Crippen MR) is 105 cm³/mol. The third kappa shape index (κ3) is 8.47. The molecule has 0 radical (unpaired) electrons. The van der Waals surface area contributed by atoms with Gasteiger partial charge in [-0.15, -0.1) is 0 Å². The molecule has 0 saturated heterocycles. The first-order chi connectivity index (χ1) is 13.2. The van der Waals surface area contributed by atoms with Crippen molar-refractivity contribution in [2.75, 3.05) is 6.26 Å². The number of hydrogen-bond acceptors (Lipinski definition) is 5. The third-order valence-electron chi connectivity index (χ3n) is 3.79. The first kappa shape index (κ1) is 23.6. The van der Waals surface area contributed by atoms with E-state index in [0.29, 0.717) is 0 Å². The number of rotatable bonds is 11. The molecule has 0 spiro atoms. The minimum absolute atomic E-state index is 0.0312. The van der Waals surface area contributed by atoms with Crippen molar-refractivity contribution in [1.29, 1.82) is 0 Å². The van der Waals surface area contributed by atoms with E-state index in [2.05, 4.69) is 10.1 Å². The van der Waals surface area contributed by atoms with Crippen molar-refractivity contribution in [1.82, 2.24) is 5.32 Å². The van der Waals surface area contributed by atoms with Gasteiger partial charge < -0.3 is 20.1 Å². The second-order valence-electron chi connectivity index (χ2n) is 6.47. The van der Waals surface area contributed by atoms with Crippen molar-refractivity contribution >= 4 is 35.1 Å². The molecular formula is C19H25N3O5S. The molecule has 9 heteroatoms. The topological polar surface area (TPSA) is 132 Å². The smallest absolute Gasteiger partial charge is 0.328 e. The molecule has 1 unspecified atom stereocenters. The van der Waals surface area contributed by atoms with Crippen molar-refractivity contribution in [2.24, 2.45) is 0 Å². The van der Waals surface area contributed by atoms with Crippen molar-refractivity contribution < 1.29 is 28.5 Å². The molecule has 3 atom stereocenters. The summed E-state index contributed by atoms with van der Waals surface area (Å²) in [5.74, 6) is -1.74. The van der Waals surface area contributed by atoms with Crippen molar-refractivity contribution in [3.05, 3.63) is 41.4 Å². The van der Waals surface area contributed by atoms with Gasteiger partial charge in [-0.05, 0) is 37.0 Å². The second-order valence-corrected chi connectivity index (χ2v) is 8.04. The number of carbonyl (C=O) groups excluding carboxylic acids is 3. The Morgan fingerprint density at radius 3 is 2.46 bits per heavy atom. The van der Waals surface area contributed by atoms with Crippen LogP contribution in [-0.2, 0) is 36.7 Å². The molecule has 0 fully saturated rings. The van der Waals surface area contributed by atoms with Gasteiger partial charge in [-0.25, -0.2) is 4.79 Å². The van der Waals surface area contributed by atoms with E-state index in [1.807, 2.05) is 30.3 Å². The molecule has 0 saturated carbocycles. The van der Waals surface area contributed by atoms with Gasteiger partial charge in [-0.3, -0.25) is 9.59 Å². The quantitative estimate of drug-likeness (QED) is 0.193. The highest BCUT2D eigenvalue weighted by atomic mass is 32.2. The summed E-state index contributed by atoms with van der Waals surface area (Å²) in [4.78, 5) is 39.2. The lowest BCUT2D eigenvalue weighted by molar-refractivity contribution is -0.151. The number of nitrogens with one attached hydrogen (secondary N) is 1. The highest BCUT2D eigenvalue weighted by Crippen LogP contribution is 2.12. The molecule has 0 heterocycles. The Hall–Kier alpha value is -2.48. The fourth-order valence-corrected chi connectivity index (χ4v) is 3.23. The first-order valence-corrected chi connectivity index (χ1v) is 10.4. The van der Waals surface area contributed by atoms with Crippen LogP contribution in [-0.4, -0.2) is 56.9 Å². The summed E-state index contributed by atoms with van der Waals surface area (Å²) in [6, 6.07) is 8.05. The van der Waals surface area contributed by atoms with Crippen LogP contribution in [0.25, 0.3) is 5.53 Å². The zero-order valence-corrected chi connectivity index (χ0v) is 17.0. The maximum absolute atomic E-state index is 12.7. The lowest BCUT2D eigenvalue weighted by Crippen LogP contribution is -2.49. The van der Waals surface area contributed by atoms with E-state index in [1.54, 1.807) is 13.8 Å². The Morgan fingerprint density at radius 2 is 1.93 bits per heavy atom. The highest BCUT2D eigenvalue weighted by Gasteiger charge is 2.32. The molecule has 0 bridgehead atoms. The molecule has 0 aliphatic rings. The highest BCUT2D eigenvalue weighted by molar-refractivity contribution is 7.92. The average molecular weight is 407 g/mol. The van der Waals surface area contributed by atoms with Crippen LogP contribution in [0.1, 0.15) is 32.3 Å². The molecule has 1 N–H and O–H groups in total. The summed E-state index contributed by atoms with van der Waals surface area (Å²) in [5.41, 5.74) is 9.24. The molecule has 1 rings (SSSR count). The lowest BCUT2D eigenvalue weighted by Gasteiger charge is -2.23. The summed E-state index contributed by atoms with van der Waals surface area (Å²) < 4.78 is 17.2. The van der Waals surface area contributed by atoms with E-state index < -0.39 is 46.2 Å². The van der Waals surface area contributed by atoms with Crippen LogP contribution in [0.4, 0.5) is 0 Å². The van der Waals surface area contributed by atoms with Gasteiger partial charge in [-0.1, -0.05) is 30.3 Å². The molecule has 1 aromatic rings. The SMILES string of the molecule is CC(C)OC(=O)[C@H](CCC(=O)C=[N+]=[N-])NC(=O)[C@H](Cc1ccccc1)[S+](C)[O-]. The first-order valence-electron chi connectivity index (χ1n) is 8.81. The Bertz CT molecular complexity index is 718. The molecule has 1 aromatic carbocycles. The Kier molecular flexibility index (Phi) is 10.2. The Balaban J connectivity index is 2.89. The van der Waals surface area contributed by atoms with Gasteiger partial charge in [0.15, 0.2) is 5.25 Å². The third-order valence-corrected chi connectivity index (χ3v) is 4.97. The summed E-state index contributed by atoms with van der Waals surface area (Å²) >= 11 is -1.48. The number of benzene rings is 1. The Labute approximate surface area is 167 Å². The number of Topliss-reactive ketones (excluding diaryl/α,β-unsaturated/α-hetero) is 1. The molecule has 28 heavy (non-hydrogen) atoms. The number of ether oxygens (including phenoxy) is 1. The number of ketones is 1. The van der Waals surface area contributed by atoms with Crippen LogP contribution in [0.2, 0.25) is 0 Å². The number of esters is 1. The van der Waals surface area contributed by atoms with E-state index in [1.165, 1.54) is 6.26 Å². The summed E-state index contributed by atoms with van der Waals surface area (Å²) in [6.07, 6.45) is 1.85. The van der Waals surface area contributed by atoms with Crippen molar-refractivity contribution in [3.8, 4) is 0 Å². The predicted octanol–water partition coefficient (Wildman–Crippen LogP) is 1.06.